The third-order valence-electron chi connectivity index (χ3n) is 3.84. The summed E-state index contributed by atoms with van der Waals surface area (Å²) in [5, 5.41) is 0.530. The predicted molar refractivity (Wildman–Crippen MR) is 102 cm³/mol. The van der Waals surface area contributed by atoms with Crippen LogP contribution in [0.1, 0.15) is 25.3 Å². The molecule has 1 aromatic carbocycles. The smallest absolute Gasteiger partial charge is 0.222 e. The van der Waals surface area contributed by atoms with Crippen LogP contribution in [0.5, 0.6) is 17.2 Å². The Kier molecular flexibility index (Phi) is 4.90. The van der Waals surface area contributed by atoms with Gasteiger partial charge < -0.3 is 20.9 Å². The van der Waals surface area contributed by atoms with Crippen LogP contribution in [-0.4, -0.2) is 26.6 Å². The molecule has 136 valence electrons. The SMILES string of the molecule is COc1cc(C(C)C)c(Oc2cnc(N)nc2N)cc1-n1ccnc1S. The average Bonchev–Trinajstić information content (AvgIpc) is 3.02. The Hall–Kier alpha value is -2.94. The van der Waals surface area contributed by atoms with E-state index < -0.39 is 0 Å². The molecule has 0 saturated carbocycles. The van der Waals surface area contributed by atoms with E-state index >= 15 is 0 Å². The Labute approximate surface area is 156 Å². The lowest BCUT2D eigenvalue weighted by Crippen LogP contribution is -2.05. The number of anilines is 2. The van der Waals surface area contributed by atoms with E-state index in [0.717, 1.165) is 11.3 Å². The van der Waals surface area contributed by atoms with Gasteiger partial charge in [0, 0.05) is 24.0 Å². The maximum Gasteiger partial charge on any atom is 0.222 e. The van der Waals surface area contributed by atoms with Crippen molar-refractivity contribution in [3.63, 3.8) is 0 Å². The molecule has 0 aliphatic carbocycles. The molecule has 0 unspecified atom stereocenters. The first-order valence-electron chi connectivity index (χ1n) is 7.91. The summed E-state index contributed by atoms with van der Waals surface area (Å²) in [5.41, 5.74) is 13.1. The maximum atomic E-state index is 6.01. The third-order valence-corrected chi connectivity index (χ3v) is 4.17. The molecule has 3 aromatic rings. The third kappa shape index (κ3) is 3.38. The van der Waals surface area contributed by atoms with Crippen LogP contribution in [0, 0.1) is 0 Å². The second kappa shape index (κ2) is 7.12. The molecular weight excluding hydrogens is 352 g/mol. The molecule has 0 spiro atoms. The first-order chi connectivity index (χ1) is 12.4. The summed E-state index contributed by atoms with van der Waals surface area (Å²) >= 11 is 4.38. The topological polar surface area (TPSA) is 114 Å². The summed E-state index contributed by atoms with van der Waals surface area (Å²) in [7, 11) is 1.62. The second-order valence-electron chi connectivity index (χ2n) is 5.89. The minimum Gasteiger partial charge on any atom is -0.495 e. The molecule has 0 atom stereocenters. The van der Waals surface area contributed by atoms with Crippen molar-refractivity contribution >= 4 is 24.4 Å². The van der Waals surface area contributed by atoms with E-state index in [1.54, 1.807) is 24.1 Å². The van der Waals surface area contributed by atoms with Crippen LogP contribution in [0.15, 0.2) is 35.9 Å². The standard InChI is InChI=1S/C17H20N6O2S/c1-9(2)10-6-13(24-3)11(23-5-4-20-17(23)26)7-12(10)25-14-8-21-16(19)22-15(14)18/h4-9H,1-3H3,(H,20,26)(H4,18,19,21,22). The van der Waals surface area contributed by atoms with Gasteiger partial charge in [0.2, 0.25) is 5.95 Å². The highest BCUT2D eigenvalue weighted by Crippen LogP contribution is 2.39. The minimum atomic E-state index is 0.0903. The van der Waals surface area contributed by atoms with Gasteiger partial charge in [-0.2, -0.15) is 4.98 Å². The van der Waals surface area contributed by atoms with E-state index in [0.29, 0.717) is 22.4 Å². The Bertz CT molecular complexity index is 941. The van der Waals surface area contributed by atoms with Crippen LogP contribution in [-0.2, 0) is 0 Å². The van der Waals surface area contributed by atoms with Crippen LogP contribution in [0.3, 0.4) is 0 Å². The number of hydrogen-bond acceptors (Lipinski definition) is 8. The minimum absolute atomic E-state index is 0.0903. The largest absolute Gasteiger partial charge is 0.495 e. The number of nitrogens with zero attached hydrogens (tertiary/aromatic N) is 4. The van der Waals surface area contributed by atoms with Gasteiger partial charge in [-0.1, -0.05) is 13.8 Å². The van der Waals surface area contributed by atoms with Crippen LogP contribution in [0.25, 0.3) is 5.69 Å². The van der Waals surface area contributed by atoms with Crippen molar-refractivity contribution in [3.8, 4) is 22.9 Å². The fourth-order valence-corrected chi connectivity index (χ4v) is 2.78. The van der Waals surface area contributed by atoms with Gasteiger partial charge in [0.05, 0.1) is 19.0 Å². The number of hydrogen-bond donors (Lipinski definition) is 3. The quantitative estimate of drug-likeness (QED) is 0.590. The molecule has 0 fully saturated rings. The van der Waals surface area contributed by atoms with Crippen molar-refractivity contribution in [2.24, 2.45) is 0 Å². The zero-order valence-electron chi connectivity index (χ0n) is 14.7. The zero-order chi connectivity index (χ0) is 18.8. The van der Waals surface area contributed by atoms with Gasteiger partial charge in [-0.3, -0.25) is 4.57 Å². The average molecular weight is 372 g/mol. The number of ether oxygens (including phenoxy) is 2. The number of methoxy groups -OCH3 is 1. The highest BCUT2D eigenvalue weighted by Gasteiger charge is 2.18. The molecule has 9 heteroatoms. The fourth-order valence-electron chi connectivity index (χ4n) is 2.54. The normalized spacial score (nSPS) is 11.0. The molecule has 8 nitrogen and oxygen atoms in total. The van der Waals surface area contributed by atoms with E-state index in [2.05, 4.69) is 41.4 Å². The Balaban J connectivity index is 2.14. The second-order valence-corrected chi connectivity index (χ2v) is 6.29. The molecular formula is C17H20N6O2S. The van der Waals surface area contributed by atoms with Gasteiger partial charge in [-0.15, -0.1) is 12.6 Å². The highest BCUT2D eigenvalue weighted by atomic mass is 32.1. The maximum absolute atomic E-state index is 6.01. The van der Waals surface area contributed by atoms with Crippen molar-refractivity contribution in [1.82, 2.24) is 19.5 Å². The van der Waals surface area contributed by atoms with Gasteiger partial charge in [-0.05, 0) is 12.0 Å². The Morgan fingerprint density at radius 1 is 1.12 bits per heavy atom. The predicted octanol–water partition coefficient (Wildman–Crippen LogP) is 3.04. The highest BCUT2D eigenvalue weighted by molar-refractivity contribution is 7.80. The van der Waals surface area contributed by atoms with Crippen LogP contribution in [0.4, 0.5) is 11.8 Å². The summed E-state index contributed by atoms with van der Waals surface area (Å²) in [6.45, 7) is 4.12. The van der Waals surface area contributed by atoms with Crippen LogP contribution < -0.4 is 20.9 Å². The number of rotatable bonds is 5. The summed E-state index contributed by atoms with van der Waals surface area (Å²) in [5.74, 6) is 2.05. The lowest BCUT2D eigenvalue weighted by atomic mass is 10.0. The lowest BCUT2D eigenvalue weighted by Gasteiger charge is -2.19. The molecule has 0 saturated heterocycles. The summed E-state index contributed by atoms with van der Waals surface area (Å²) < 4.78 is 13.4. The molecule has 26 heavy (non-hydrogen) atoms. The summed E-state index contributed by atoms with van der Waals surface area (Å²) in [4.78, 5) is 12.0. The molecule has 2 heterocycles. The van der Waals surface area contributed by atoms with Crippen molar-refractivity contribution in [3.05, 3.63) is 36.3 Å². The van der Waals surface area contributed by atoms with Gasteiger partial charge in [0.25, 0.3) is 0 Å². The molecule has 0 radical (unpaired) electrons. The Morgan fingerprint density at radius 2 is 1.88 bits per heavy atom. The number of imidazole rings is 1. The van der Waals surface area contributed by atoms with E-state index in [1.165, 1.54) is 6.20 Å². The van der Waals surface area contributed by atoms with E-state index in [1.807, 2.05) is 12.1 Å². The molecule has 0 aliphatic heterocycles. The summed E-state index contributed by atoms with van der Waals surface area (Å²) in [6, 6.07) is 3.78. The molecule has 4 N–H and O–H groups in total. The first-order valence-corrected chi connectivity index (χ1v) is 8.36. The molecule has 3 rings (SSSR count). The summed E-state index contributed by atoms with van der Waals surface area (Å²) in [6.07, 6.45) is 4.90. The van der Waals surface area contributed by atoms with E-state index in [9.17, 15) is 0 Å². The van der Waals surface area contributed by atoms with E-state index in [-0.39, 0.29) is 17.7 Å². The van der Waals surface area contributed by atoms with Crippen LogP contribution in [0.2, 0.25) is 0 Å². The molecule has 2 aromatic heterocycles. The molecule has 0 amide bonds. The number of thiol groups is 1. The van der Waals surface area contributed by atoms with Gasteiger partial charge in [-0.25, -0.2) is 9.97 Å². The van der Waals surface area contributed by atoms with Crippen LogP contribution >= 0.6 is 12.6 Å². The lowest BCUT2D eigenvalue weighted by molar-refractivity contribution is 0.408. The zero-order valence-corrected chi connectivity index (χ0v) is 15.6. The van der Waals surface area contributed by atoms with Crippen molar-refractivity contribution < 1.29 is 9.47 Å². The monoisotopic (exact) mass is 372 g/mol. The number of aromatic nitrogens is 4. The number of benzene rings is 1. The Morgan fingerprint density at radius 3 is 2.46 bits per heavy atom. The van der Waals surface area contributed by atoms with Crippen molar-refractivity contribution in [2.75, 3.05) is 18.6 Å². The molecule has 0 bridgehead atoms. The van der Waals surface area contributed by atoms with Crippen molar-refractivity contribution in [2.45, 2.75) is 24.9 Å². The van der Waals surface area contributed by atoms with Gasteiger partial charge in [0.1, 0.15) is 11.5 Å². The van der Waals surface area contributed by atoms with Gasteiger partial charge >= 0.3 is 0 Å². The van der Waals surface area contributed by atoms with Gasteiger partial charge in [0.15, 0.2) is 16.7 Å². The number of nitrogens with two attached hydrogens (primary N) is 2. The van der Waals surface area contributed by atoms with Crippen molar-refractivity contribution in [1.29, 1.82) is 0 Å². The number of nitrogen functional groups attached to an aromatic ring is 2. The first kappa shape index (κ1) is 17.9. The fraction of sp³-hybridized carbons (Fsp3) is 0.235. The van der Waals surface area contributed by atoms with E-state index in [4.69, 9.17) is 20.9 Å². The molecule has 0 aliphatic rings.